The topological polar surface area (TPSA) is 32.3 Å². The van der Waals surface area contributed by atoms with Gasteiger partial charge in [-0.25, -0.2) is 8.78 Å². The van der Waals surface area contributed by atoms with E-state index in [0.717, 1.165) is 12.1 Å². The van der Waals surface area contributed by atoms with Crippen LogP contribution in [0.5, 0.6) is 0 Å². The summed E-state index contributed by atoms with van der Waals surface area (Å²) in [6, 6.07) is 3.26. The molecule has 1 rings (SSSR count). The number of nitrogens with zero attached hydrogens (tertiary/aromatic N) is 1. The molecule has 1 aromatic carbocycles. The van der Waals surface area contributed by atoms with E-state index in [0.29, 0.717) is 12.1 Å². The third kappa shape index (κ3) is 4.04. The molecule has 0 aliphatic carbocycles. The van der Waals surface area contributed by atoms with Crippen molar-refractivity contribution in [3.63, 3.8) is 0 Å². The first-order valence-electron chi connectivity index (χ1n) is 5.82. The van der Waals surface area contributed by atoms with Crippen LogP contribution in [0.2, 0.25) is 0 Å². The number of carbonyl (C=O) groups is 1. The minimum atomic E-state index is -0.921. The fraction of sp³-hybridized carbons (Fsp3) is 0.357. The summed E-state index contributed by atoms with van der Waals surface area (Å²) in [7, 11) is 1.60. The Bertz CT molecular complexity index is 497. The van der Waals surface area contributed by atoms with Crippen molar-refractivity contribution in [2.45, 2.75) is 13.0 Å². The molecule has 3 nitrogen and oxygen atoms in total. The number of amides is 1. The monoisotopic (exact) mass is 266 g/mol. The fourth-order valence-electron chi connectivity index (χ4n) is 1.58. The van der Waals surface area contributed by atoms with Gasteiger partial charge in [0.15, 0.2) is 11.6 Å². The predicted octanol–water partition coefficient (Wildman–Crippen LogP) is 1.71. The van der Waals surface area contributed by atoms with Gasteiger partial charge in [0.25, 0.3) is 0 Å². The molecule has 0 bridgehead atoms. The molecule has 0 fully saturated rings. The highest BCUT2D eigenvalue weighted by molar-refractivity contribution is 5.78. The second-order valence-electron chi connectivity index (χ2n) is 4.16. The lowest BCUT2D eigenvalue weighted by atomic mass is 10.1. The van der Waals surface area contributed by atoms with Crippen LogP contribution < -0.4 is 5.32 Å². The molecule has 0 aliphatic rings. The maximum Gasteiger partial charge on any atom is 0.236 e. The minimum Gasteiger partial charge on any atom is -0.338 e. The summed E-state index contributed by atoms with van der Waals surface area (Å²) < 4.78 is 26.0. The third-order valence-corrected chi connectivity index (χ3v) is 2.90. The average molecular weight is 266 g/mol. The first-order chi connectivity index (χ1) is 8.97. The molecule has 1 unspecified atom stereocenters. The third-order valence-electron chi connectivity index (χ3n) is 2.90. The minimum absolute atomic E-state index is 0.106. The van der Waals surface area contributed by atoms with E-state index in [2.05, 4.69) is 11.2 Å². The zero-order chi connectivity index (χ0) is 14.4. The van der Waals surface area contributed by atoms with Gasteiger partial charge in [-0.3, -0.25) is 10.1 Å². The fourth-order valence-corrected chi connectivity index (χ4v) is 1.58. The van der Waals surface area contributed by atoms with Crippen LogP contribution in [0.3, 0.4) is 0 Å². The number of carbonyl (C=O) groups excluding carboxylic acids is 1. The van der Waals surface area contributed by atoms with Crippen LogP contribution in [-0.2, 0) is 4.79 Å². The van der Waals surface area contributed by atoms with E-state index in [4.69, 9.17) is 6.42 Å². The Morgan fingerprint density at radius 3 is 2.74 bits per heavy atom. The number of hydrogen-bond acceptors (Lipinski definition) is 2. The summed E-state index contributed by atoms with van der Waals surface area (Å²) in [5.41, 5.74) is 0.534. The zero-order valence-electron chi connectivity index (χ0n) is 10.9. The molecule has 102 valence electrons. The molecule has 0 saturated heterocycles. The van der Waals surface area contributed by atoms with Gasteiger partial charge in [-0.05, 0) is 24.6 Å². The number of terminal acetylenes is 1. The second-order valence-corrected chi connectivity index (χ2v) is 4.16. The maximum atomic E-state index is 13.1. The lowest BCUT2D eigenvalue weighted by Gasteiger charge is -2.25. The van der Waals surface area contributed by atoms with E-state index in [1.165, 1.54) is 11.0 Å². The van der Waals surface area contributed by atoms with Gasteiger partial charge >= 0.3 is 0 Å². The molecular weight excluding hydrogens is 250 g/mol. The van der Waals surface area contributed by atoms with E-state index in [1.807, 2.05) is 0 Å². The van der Waals surface area contributed by atoms with Crippen LogP contribution in [0.25, 0.3) is 0 Å². The molecule has 0 heterocycles. The highest BCUT2D eigenvalue weighted by Crippen LogP contribution is 2.20. The summed E-state index contributed by atoms with van der Waals surface area (Å²) in [4.78, 5) is 13.3. The quantitative estimate of drug-likeness (QED) is 0.650. The Labute approximate surface area is 111 Å². The number of benzene rings is 1. The van der Waals surface area contributed by atoms with Gasteiger partial charge in [0.1, 0.15) is 0 Å². The molecule has 1 N–H and O–H groups in total. The summed E-state index contributed by atoms with van der Waals surface area (Å²) in [6.45, 7) is 2.15. The van der Waals surface area contributed by atoms with E-state index in [9.17, 15) is 13.6 Å². The number of rotatable bonds is 5. The van der Waals surface area contributed by atoms with E-state index in [1.54, 1.807) is 14.0 Å². The van der Waals surface area contributed by atoms with Crippen molar-refractivity contribution >= 4 is 5.91 Å². The summed E-state index contributed by atoms with van der Waals surface area (Å²) >= 11 is 0. The standard InChI is InChI=1S/C14H16F2N2O/c1-4-7-17-9-14(19)18(3)10(2)11-5-6-12(15)13(16)8-11/h1,5-6,8,10,17H,7,9H2,2-3H3. The van der Waals surface area contributed by atoms with Gasteiger partial charge < -0.3 is 4.90 Å². The molecule has 5 heteroatoms. The van der Waals surface area contributed by atoms with Gasteiger partial charge in [0, 0.05) is 7.05 Å². The van der Waals surface area contributed by atoms with Crippen molar-refractivity contribution in [1.29, 1.82) is 0 Å². The van der Waals surface area contributed by atoms with Gasteiger partial charge in [-0.15, -0.1) is 6.42 Å². The second kappa shape index (κ2) is 6.86. The largest absolute Gasteiger partial charge is 0.338 e. The molecule has 1 amide bonds. The molecule has 19 heavy (non-hydrogen) atoms. The lowest BCUT2D eigenvalue weighted by molar-refractivity contribution is -0.130. The molecule has 0 saturated carbocycles. The van der Waals surface area contributed by atoms with Crippen molar-refractivity contribution < 1.29 is 13.6 Å². The Hall–Kier alpha value is -1.93. The molecule has 0 aliphatic heterocycles. The first kappa shape index (κ1) is 15.1. The Kier molecular flexibility index (Phi) is 5.46. The Balaban J connectivity index is 2.70. The maximum absolute atomic E-state index is 13.1. The van der Waals surface area contributed by atoms with E-state index in [-0.39, 0.29) is 18.5 Å². The van der Waals surface area contributed by atoms with Crippen molar-refractivity contribution in [3.05, 3.63) is 35.4 Å². The molecule has 0 aromatic heterocycles. The average Bonchev–Trinajstić information content (AvgIpc) is 2.40. The van der Waals surface area contributed by atoms with Crippen molar-refractivity contribution in [2.75, 3.05) is 20.1 Å². The van der Waals surface area contributed by atoms with Gasteiger partial charge in [0.05, 0.1) is 19.1 Å². The molecule has 1 aromatic rings. The predicted molar refractivity (Wildman–Crippen MR) is 69.2 cm³/mol. The highest BCUT2D eigenvalue weighted by atomic mass is 19.2. The Morgan fingerprint density at radius 2 is 2.16 bits per heavy atom. The lowest BCUT2D eigenvalue weighted by Crippen LogP contribution is -2.37. The highest BCUT2D eigenvalue weighted by Gasteiger charge is 2.18. The summed E-state index contributed by atoms with van der Waals surface area (Å²) in [5.74, 6) is 0.367. The van der Waals surface area contributed by atoms with Gasteiger partial charge in [0.2, 0.25) is 5.91 Å². The SMILES string of the molecule is C#CCNCC(=O)N(C)C(C)c1ccc(F)c(F)c1. The van der Waals surface area contributed by atoms with E-state index >= 15 is 0 Å². The molecular formula is C14H16F2N2O. The first-order valence-corrected chi connectivity index (χ1v) is 5.82. The molecule has 0 radical (unpaired) electrons. The Morgan fingerprint density at radius 1 is 1.47 bits per heavy atom. The summed E-state index contributed by atoms with van der Waals surface area (Å²) in [5, 5.41) is 2.78. The number of likely N-dealkylation sites (N-methyl/N-ethyl adjacent to an activating group) is 1. The van der Waals surface area contributed by atoms with Crippen molar-refractivity contribution in [3.8, 4) is 12.3 Å². The number of halogens is 2. The van der Waals surface area contributed by atoms with Crippen LogP contribution in [-0.4, -0.2) is 30.9 Å². The number of nitrogens with one attached hydrogen (secondary N) is 1. The smallest absolute Gasteiger partial charge is 0.236 e. The van der Waals surface area contributed by atoms with Crippen LogP contribution >= 0.6 is 0 Å². The number of hydrogen-bond donors (Lipinski definition) is 1. The molecule has 1 atom stereocenters. The van der Waals surface area contributed by atoms with Gasteiger partial charge in [-0.1, -0.05) is 12.0 Å². The van der Waals surface area contributed by atoms with Crippen molar-refractivity contribution in [2.24, 2.45) is 0 Å². The summed E-state index contributed by atoms with van der Waals surface area (Å²) in [6.07, 6.45) is 5.06. The van der Waals surface area contributed by atoms with Gasteiger partial charge in [-0.2, -0.15) is 0 Å². The van der Waals surface area contributed by atoms with Crippen LogP contribution in [0, 0.1) is 24.0 Å². The van der Waals surface area contributed by atoms with Crippen LogP contribution in [0.15, 0.2) is 18.2 Å². The normalized spacial score (nSPS) is 11.7. The zero-order valence-corrected chi connectivity index (χ0v) is 10.9. The van der Waals surface area contributed by atoms with E-state index < -0.39 is 11.6 Å². The van der Waals surface area contributed by atoms with Crippen LogP contribution in [0.4, 0.5) is 8.78 Å². The van der Waals surface area contributed by atoms with Crippen molar-refractivity contribution in [1.82, 2.24) is 10.2 Å². The molecule has 0 spiro atoms. The van der Waals surface area contributed by atoms with Crippen LogP contribution in [0.1, 0.15) is 18.5 Å².